The van der Waals surface area contributed by atoms with Gasteiger partial charge in [0.15, 0.2) is 0 Å². The number of esters is 1. The number of allylic oxidation sites excluding steroid dienone is 1. The number of benzene rings is 1. The third kappa shape index (κ3) is 3.11. The fourth-order valence-electron chi connectivity index (χ4n) is 0.849. The van der Waals surface area contributed by atoms with Crippen molar-refractivity contribution in [2.45, 2.75) is 0 Å². The summed E-state index contributed by atoms with van der Waals surface area (Å²) >= 11 is 0. The van der Waals surface area contributed by atoms with E-state index in [1.165, 1.54) is 0 Å². The van der Waals surface area contributed by atoms with Crippen LogP contribution in [-0.4, -0.2) is 12.6 Å². The zero-order valence-electron chi connectivity index (χ0n) is 7.27. The van der Waals surface area contributed by atoms with Crippen molar-refractivity contribution in [3.63, 3.8) is 0 Å². The first-order valence-corrected chi connectivity index (χ1v) is 4.01. The monoisotopic (exact) mass is 175 g/mol. The molecule has 2 heteroatoms. The molecule has 1 aromatic carbocycles. The van der Waals surface area contributed by atoms with Crippen molar-refractivity contribution in [1.29, 1.82) is 0 Å². The summed E-state index contributed by atoms with van der Waals surface area (Å²) in [5.74, 6) is -0.307. The minimum atomic E-state index is -0.307. The Balaban J connectivity index is 2.49. The van der Waals surface area contributed by atoms with Crippen LogP contribution in [0.1, 0.15) is 10.4 Å². The van der Waals surface area contributed by atoms with Gasteiger partial charge in [-0.15, -0.1) is 0 Å². The fourth-order valence-corrected chi connectivity index (χ4v) is 0.849. The minimum Gasteiger partial charge on any atom is -0.458 e. The van der Waals surface area contributed by atoms with Crippen molar-refractivity contribution in [2.24, 2.45) is 0 Å². The van der Waals surface area contributed by atoms with Crippen LogP contribution < -0.4 is 0 Å². The smallest absolute Gasteiger partial charge is 0.338 e. The van der Waals surface area contributed by atoms with Gasteiger partial charge in [0.05, 0.1) is 5.56 Å². The van der Waals surface area contributed by atoms with Crippen LogP contribution in [0, 0.1) is 6.92 Å². The van der Waals surface area contributed by atoms with Crippen LogP contribution in [0.2, 0.25) is 0 Å². The molecule has 0 amide bonds. The molecule has 13 heavy (non-hydrogen) atoms. The molecule has 0 spiro atoms. The fraction of sp³-hybridized carbons (Fsp3) is 0.0909. The summed E-state index contributed by atoms with van der Waals surface area (Å²) in [6, 6.07) is 8.89. The van der Waals surface area contributed by atoms with E-state index in [4.69, 9.17) is 4.74 Å². The topological polar surface area (TPSA) is 26.3 Å². The molecule has 0 unspecified atom stereocenters. The molecule has 0 fully saturated rings. The Morgan fingerprint density at radius 2 is 2.08 bits per heavy atom. The van der Waals surface area contributed by atoms with Crippen molar-refractivity contribution in [3.05, 3.63) is 55.0 Å². The van der Waals surface area contributed by atoms with E-state index in [2.05, 4.69) is 6.92 Å². The van der Waals surface area contributed by atoms with Crippen LogP contribution in [0.4, 0.5) is 0 Å². The van der Waals surface area contributed by atoms with E-state index in [0.29, 0.717) is 5.56 Å². The summed E-state index contributed by atoms with van der Waals surface area (Å²) in [5, 5.41) is 0. The van der Waals surface area contributed by atoms with Gasteiger partial charge in [0.2, 0.25) is 0 Å². The normalized spacial score (nSPS) is 10.2. The van der Waals surface area contributed by atoms with Gasteiger partial charge in [0.25, 0.3) is 0 Å². The van der Waals surface area contributed by atoms with Crippen LogP contribution in [0.25, 0.3) is 0 Å². The lowest BCUT2D eigenvalue weighted by Crippen LogP contribution is -2.04. The third-order valence-corrected chi connectivity index (χ3v) is 1.49. The van der Waals surface area contributed by atoms with Gasteiger partial charge in [-0.1, -0.05) is 30.4 Å². The zero-order chi connectivity index (χ0) is 9.52. The number of rotatable bonds is 3. The molecule has 0 aliphatic rings. The second-order valence-electron chi connectivity index (χ2n) is 2.44. The van der Waals surface area contributed by atoms with E-state index in [9.17, 15) is 4.79 Å². The number of carbonyl (C=O) groups is 1. The van der Waals surface area contributed by atoms with Gasteiger partial charge in [0, 0.05) is 0 Å². The van der Waals surface area contributed by atoms with Crippen LogP contribution in [0.3, 0.4) is 0 Å². The standard InChI is InChI=1S/C11H11O2/c1-2-3-9-13-11(12)10-7-5-4-6-8-10/h2-8H,1,9H2/b3-2+. The Bertz CT molecular complexity index is 288. The molecule has 0 atom stereocenters. The van der Waals surface area contributed by atoms with E-state index in [1.807, 2.05) is 6.07 Å². The molecule has 0 saturated carbocycles. The Hall–Kier alpha value is -1.57. The summed E-state index contributed by atoms with van der Waals surface area (Å²) < 4.78 is 4.90. The summed E-state index contributed by atoms with van der Waals surface area (Å²) in [4.78, 5) is 11.2. The van der Waals surface area contributed by atoms with Crippen LogP contribution in [0.5, 0.6) is 0 Å². The van der Waals surface area contributed by atoms with E-state index in [0.717, 1.165) is 0 Å². The second kappa shape index (κ2) is 5.14. The second-order valence-corrected chi connectivity index (χ2v) is 2.44. The predicted octanol–water partition coefficient (Wildman–Crippen LogP) is 2.23. The minimum absolute atomic E-state index is 0.275. The summed E-state index contributed by atoms with van der Waals surface area (Å²) in [7, 11) is 0. The number of ether oxygens (including phenoxy) is 1. The highest BCUT2D eigenvalue weighted by molar-refractivity contribution is 5.89. The molecule has 2 nitrogen and oxygen atoms in total. The highest BCUT2D eigenvalue weighted by Gasteiger charge is 2.03. The Morgan fingerprint density at radius 1 is 1.38 bits per heavy atom. The predicted molar refractivity (Wildman–Crippen MR) is 51.2 cm³/mol. The Kier molecular flexibility index (Phi) is 3.76. The molecule has 0 aliphatic heterocycles. The van der Waals surface area contributed by atoms with Crippen molar-refractivity contribution in [2.75, 3.05) is 6.61 Å². The Morgan fingerprint density at radius 3 is 2.69 bits per heavy atom. The molecule has 1 radical (unpaired) electrons. The molecule has 0 N–H and O–H groups in total. The van der Waals surface area contributed by atoms with Gasteiger partial charge in [0.1, 0.15) is 6.61 Å². The van der Waals surface area contributed by atoms with E-state index >= 15 is 0 Å². The van der Waals surface area contributed by atoms with Gasteiger partial charge in [-0.05, 0) is 19.1 Å². The average molecular weight is 175 g/mol. The SMILES string of the molecule is [CH2]/C=C/COC(=O)c1ccccc1. The first-order valence-electron chi connectivity index (χ1n) is 4.01. The van der Waals surface area contributed by atoms with Gasteiger partial charge in [-0.3, -0.25) is 0 Å². The molecule has 0 aromatic heterocycles. The number of carbonyl (C=O) groups excluding carboxylic acids is 1. The van der Waals surface area contributed by atoms with Gasteiger partial charge in [-0.25, -0.2) is 4.79 Å². The molecule has 67 valence electrons. The molecular formula is C11H11O2. The molecule has 0 bridgehead atoms. The summed E-state index contributed by atoms with van der Waals surface area (Å²) in [5.41, 5.74) is 0.569. The van der Waals surface area contributed by atoms with Gasteiger partial charge < -0.3 is 4.74 Å². The first kappa shape index (κ1) is 9.52. The third-order valence-electron chi connectivity index (χ3n) is 1.49. The number of hydrogen-bond acceptors (Lipinski definition) is 2. The molecule has 1 aromatic rings. The lowest BCUT2D eigenvalue weighted by atomic mass is 10.2. The largest absolute Gasteiger partial charge is 0.458 e. The van der Waals surface area contributed by atoms with Gasteiger partial charge >= 0.3 is 5.97 Å². The molecular weight excluding hydrogens is 164 g/mol. The van der Waals surface area contributed by atoms with Crippen molar-refractivity contribution in [1.82, 2.24) is 0 Å². The van der Waals surface area contributed by atoms with E-state index < -0.39 is 0 Å². The van der Waals surface area contributed by atoms with Crippen LogP contribution in [-0.2, 0) is 4.74 Å². The summed E-state index contributed by atoms with van der Waals surface area (Å²) in [6.07, 6.45) is 3.28. The maximum atomic E-state index is 11.2. The first-order chi connectivity index (χ1) is 6.34. The zero-order valence-corrected chi connectivity index (χ0v) is 7.27. The average Bonchev–Trinajstić information content (AvgIpc) is 2.19. The summed E-state index contributed by atoms with van der Waals surface area (Å²) in [6.45, 7) is 3.76. The van der Waals surface area contributed by atoms with E-state index in [-0.39, 0.29) is 12.6 Å². The van der Waals surface area contributed by atoms with Crippen molar-refractivity contribution >= 4 is 5.97 Å². The highest BCUT2D eigenvalue weighted by atomic mass is 16.5. The highest BCUT2D eigenvalue weighted by Crippen LogP contribution is 2.00. The maximum Gasteiger partial charge on any atom is 0.338 e. The molecule has 1 rings (SSSR count). The lowest BCUT2D eigenvalue weighted by molar-refractivity contribution is 0.0549. The lowest BCUT2D eigenvalue weighted by Gasteiger charge is -2.00. The van der Waals surface area contributed by atoms with Crippen molar-refractivity contribution in [3.8, 4) is 0 Å². The van der Waals surface area contributed by atoms with Crippen LogP contribution in [0.15, 0.2) is 42.5 Å². The van der Waals surface area contributed by atoms with Crippen LogP contribution >= 0.6 is 0 Å². The van der Waals surface area contributed by atoms with Crippen molar-refractivity contribution < 1.29 is 9.53 Å². The molecule has 0 saturated heterocycles. The molecule has 0 aliphatic carbocycles. The molecule has 0 heterocycles. The van der Waals surface area contributed by atoms with Gasteiger partial charge in [-0.2, -0.15) is 0 Å². The quantitative estimate of drug-likeness (QED) is 0.658. The number of hydrogen-bond donors (Lipinski definition) is 0. The Labute approximate surface area is 77.8 Å². The maximum absolute atomic E-state index is 11.2. The van der Waals surface area contributed by atoms with E-state index in [1.54, 1.807) is 36.4 Å².